The maximum atomic E-state index is 3.48. The first kappa shape index (κ1) is 12.7. The van der Waals surface area contributed by atoms with Crippen molar-refractivity contribution in [3.8, 4) is 0 Å². The third-order valence-electron chi connectivity index (χ3n) is 4.32. The second kappa shape index (κ2) is 5.75. The Morgan fingerprint density at radius 1 is 1.11 bits per heavy atom. The molecule has 0 bridgehead atoms. The lowest BCUT2D eigenvalue weighted by Gasteiger charge is -2.16. The first-order valence-electron chi connectivity index (χ1n) is 7.50. The molecule has 0 radical (unpaired) electrons. The minimum atomic E-state index is 0.627. The molecule has 1 nitrogen and oxygen atoms in total. The van der Waals surface area contributed by atoms with Gasteiger partial charge in [-0.05, 0) is 48.6 Å². The van der Waals surface area contributed by atoms with Gasteiger partial charge in [-0.1, -0.05) is 55.3 Å². The van der Waals surface area contributed by atoms with Gasteiger partial charge in [0.15, 0.2) is 0 Å². The third kappa shape index (κ3) is 3.36. The number of benzene rings is 2. The zero-order chi connectivity index (χ0) is 13.1. The van der Waals surface area contributed by atoms with Crippen molar-refractivity contribution in [2.75, 3.05) is 7.05 Å². The molecule has 0 amide bonds. The average Bonchev–Trinajstić information content (AvgIpc) is 3.27. The number of hydrogen-bond acceptors (Lipinski definition) is 1. The summed E-state index contributed by atoms with van der Waals surface area (Å²) in [6.45, 7) is 0. The molecule has 0 saturated heterocycles. The molecule has 100 valence electrons. The quantitative estimate of drug-likeness (QED) is 0.815. The number of hydrogen-bond donors (Lipinski definition) is 1. The van der Waals surface area contributed by atoms with Crippen molar-refractivity contribution in [2.24, 2.45) is 5.92 Å². The maximum Gasteiger partial charge on any atom is 0.0105 e. The van der Waals surface area contributed by atoms with E-state index in [4.69, 9.17) is 0 Å². The summed E-state index contributed by atoms with van der Waals surface area (Å²) in [6, 6.07) is 16.1. The lowest BCUT2D eigenvalue weighted by atomic mass is 9.98. The van der Waals surface area contributed by atoms with Gasteiger partial charge in [0.05, 0.1) is 0 Å². The summed E-state index contributed by atoms with van der Waals surface area (Å²) in [5.41, 5.74) is 1.45. The highest BCUT2D eigenvalue weighted by Gasteiger charge is 2.22. The standard InChI is InChI=1S/C18H23N/c1-19-18(11-9-14-6-7-14)13-15-8-10-16-4-2-3-5-17(16)12-15/h2-5,8,10,12,14,18-19H,6-7,9,11,13H2,1H3. The summed E-state index contributed by atoms with van der Waals surface area (Å²) >= 11 is 0. The Balaban J connectivity index is 1.67. The van der Waals surface area contributed by atoms with Gasteiger partial charge >= 0.3 is 0 Å². The molecule has 1 N–H and O–H groups in total. The van der Waals surface area contributed by atoms with Gasteiger partial charge in [-0.25, -0.2) is 0 Å². The number of nitrogens with one attached hydrogen (secondary N) is 1. The van der Waals surface area contributed by atoms with Crippen LogP contribution in [0.4, 0.5) is 0 Å². The van der Waals surface area contributed by atoms with Gasteiger partial charge in [-0.15, -0.1) is 0 Å². The highest BCUT2D eigenvalue weighted by molar-refractivity contribution is 5.82. The van der Waals surface area contributed by atoms with E-state index in [-0.39, 0.29) is 0 Å². The lowest BCUT2D eigenvalue weighted by Crippen LogP contribution is -2.27. The van der Waals surface area contributed by atoms with Crippen LogP contribution in [0.25, 0.3) is 10.8 Å². The van der Waals surface area contributed by atoms with Crippen molar-refractivity contribution in [3.63, 3.8) is 0 Å². The molecule has 1 saturated carbocycles. The molecule has 1 heteroatoms. The first-order chi connectivity index (χ1) is 9.35. The predicted molar refractivity (Wildman–Crippen MR) is 82.5 cm³/mol. The fourth-order valence-corrected chi connectivity index (χ4v) is 2.84. The summed E-state index contributed by atoms with van der Waals surface area (Å²) in [4.78, 5) is 0. The fourth-order valence-electron chi connectivity index (χ4n) is 2.84. The number of likely N-dealkylation sites (N-methyl/N-ethyl adjacent to an activating group) is 1. The summed E-state index contributed by atoms with van der Waals surface area (Å²) in [5, 5.41) is 6.18. The second-order valence-corrected chi connectivity index (χ2v) is 5.89. The monoisotopic (exact) mass is 253 g/mol. The van der Waals surface area contributed by atoms with E-state index >= 15 is 0 Å². The summed E-state index contributed by atoms with van der Waals surface area (Å²) in [6.07, 6.45) is 6.79. The summed E-state index contributed by atoms with van der Waals surface area (Å²) in [5.74, 6) is 1.03. The molecule has 3 rings (SSSR count). The largest absolute Gasteiger partial charge is 0.317 e. The van der Waals surface area contributed by atoms with Gasteiger partial charge in [0, 0.05) is 6.04 Å². The SMILES string of the molecule is CNC(CCC1CC1)Cc1ccc2ccccc2c1. The Labute approximate surface area is 116 Å². The Bertz CT molecular complexity index is 542. The van der Waals surface area contributed by atoms with Gasteiger partial charge in [0.25, 0.3) is 0 Å². The van der Waals surface area contributed by atoms with Crippen LogP contribution in [0.2, 0.25) is 0 Å². The smallest absolute Gasteiger partial charge is 0.0105 e. The van der Waals surface area contributed by atoms with E-state index in [0.29, 0.717) is 6.04 Å². The van der Waals surface area contributed by atoms with Crippen LogP contribution in [-0.4, -0.2) is 13.1 Å². The van der Waals surface area contributed by atoms with Gasteiger partial charge < -0.3 is 5.32 Å². The van der Waals surface area contributed by atoms with Crippen LogP contribution < -0.4 is 5.32 Å². The topological polar surface area (TPSA) is 12.0 Å². The van der Waals surface area contributed by atoms with E-state index in [0.717, 1.165) is 12.3 Å². The van der Waals surface area contributed by atoms with Crippen LogP contribution in [0, 0.1) is 5.92 Å². The molecule has 0 spiro atoms. The Morgan fingerprint density at radius 2 is 1.89 bits per heavy atom. The van der Waals surface area contributed by atoms with Crippen molar-refractivity contribution in [1.82, 2.24) is 5.32 Å². The molecule has 0 aromatic heterocycles. The summed E-state index contributed by atoms with van der Waals surface area (Å²) in [7, 11) is 2.10. The van der Waals surface area contributed by atoms with Gasteiger partial charge in [0.1, 0.15) is 0 Å². The van der Waals surface area contributed by atoms with E-state index in [1.807, 2.05) is 0 Å². The van der Waals surface area contributed by atoms with E-state index in [2.05, 4.69) is 54.8 Å². The van der Waals surface area contributed by atoms with Crippen LogP contribution in [0.1, 0.15) is 31.2 Å². The molecule has 0 heterocycles. The predicted octanol–water partition coefficient (Wildman–Crippen LogP) is 4.16. The van der Waals surface area contributed by atoms with Crippen molar-refractivity contribution in [3.05, 3.63) is 48.0 Å². The molecule has 2 aromatic rings. The number of fused-ring (bicyclic) bond motifs is 1. The maximum absolute atomic E-state index is 3.48. The van der Waals surface area contributed by atoms with E-state index in [1.165, 1.54) is 42.0 Å². The van der Waals surface area contributed by atoms with E-state index in [9.17, 15) is 0 Å². The molecule has 1 fully saturated rings. The third-order valence-corrected chi connectivity index (χ3v) is 4.32. The van der Waals surface area contributed by atoms with Crippen LogP contribution in [0.3, 0.4) is 0 Å². The molecular formula is C18H23N. The zero-order valence-corrected chi connectivity index (χ0v) is 11.7. The van der Waals surface area contributed by atoms with Crippen molar-refractivity contribution in [1.29, 1.82) is 0 Å². The normalized spacial score (nSPS) is 16.7. The van der Waals surface area contributed by atoms with E-state index < -0.39 is 0 Å². The minimum absolute atomic E-state index is 0.627. The summed E-state index contributed by atoms with van der Waals surface area (Å²) < 4.78 is 0. The fraction of sp³-hybridized carbons (Fsp3) is 0.444. The van der Waals surface area contributed by atoms with Gasteiger partial charge in [0.2, 0.25) is 0 Å². The molecular weight excluding hydrogens is 230 g/mol. The Morgan fingerprint density at radius 3 is 2.63 bits per heavy atom. The molecule has 0 aliphatic heterocycles. The first-order valence-corrected chi connectivity index (χ1v) is 7.50. The van der Waals surface area contributed by atoms with Crippen molar-refractivity contribution in [2.45, 2.75) is 38.1 Å². The average molecular weight is 253 g/mol. The molecule has 1 aliphatic carbocycles. The molecule has 1 unspecified atom stereocenters. The minimum Gasteiger partial charge on any atom is -0.317 e. The highest BCUT2D eigenvalue weighted by atomic mass is 14.9. The molecule has 1 aliphatic rings. The van der Waals surface area contributed by atoms with Crippen molar-refractivity contribution < 1.29 is 0 Å². The van der Waals surface area contributed by atoms with Crippen LogP contribution in [0.5, 0.6) is 0 Å². The van der Waals surface area contributed by atoms with E-state index in [1.54, 1.807) is 0 Å². The number of rotatable bonds is 6. The molecule has 2 aromatic carbocycles. The zero-order valence-electron chi connectivity index (χ0n) is 11.7. The van der Waals surface area contributed by atoms with Crippen LogP contribution in [-0.2, 0) is 6.42 Å². The van der Waals surface area contributed by atoms with Crippen LogP contribution in [0.15, 0.2) is 42.5 Å². The van der Waals surface area contributed by atoms with Crippen LogP contribution >= 0.6 is 0 Å². The Kier molecular flexibility index (Phi) is 3.84. The highest BCUT2D eigenvalue weighted by Crippen LogP contribution is 2.34. The molecule has 1 atom stereocenters. The van der Waals surface area contributed by atoms with Crippen molar-refractivity contribution >= 4 is 10.8 Å². The Hall–Kier alpha value is -1.34. The van der Waals surface area contributed by atoms with Gasteiger partial charge in [-0.3, -0.25) is 0 Å². The second-order valence-electron chi connectivity index (χ2n) is 5.89. The van der Waals surface area contributed by atoms with Gasteiger partial charge in [-0.2, -0.15) is 0 Å². The molecule has 19 heavy (non-hydrogen) atoms. The lowest BCUT2D eigenvalue weighted by molar-refractivity contribution is 0.485.